The van der Waals surface area contributed by atoms with Gasteiger partial charge < -0.3 is 19.7 Å². The van der Waals surface area contributed by atoms with Crippen molar-refractivity contribution in [2.24, 2.45) is 0 Å². The Kier molecular flexibility index (Phi) is 5.51. The molecule has 0 aromatic heterocycles. The summed E-state index contributed by atoms with van der Waals surface area (Å²) in [6, 6.07) is 18.0. The van der Waals surface area contributed by atoms with E-state index < -0.39 is 11.7 Å². The second-order valence-electron chi connectivity index (χ2n) is 6.40. The van der Waals surface area contributed by atoms with Crippen LogP contribution in [0.2, 0.25) is 0 Å². The van der Waals surface area contributed by atoms with Gasteiger partial charge in [0.2, 0.25) is 0 Å². The van der Waals surface area contributed by atoms with Crippen molar-refractivity contribution in [2.45, 2.75) is 31.0 Å². The number of ether oxygens (including phenoxy) is 2. The summed E-state index contributed by atoms with van der Waals surface area (Å²) in [7, 11) is 0. The zero-order valence-electron chi connectivity index (χ0n) is 13.7. The monoisotopic (exact) mass is 328 g/mol. The summed E-state index contributed by atoms with van der Waals surface area (Å²) in [6.45, 7) is 1.27. The first-order valence-electron chi connectivity index (χ1n) is 8.41. The molecular weight excluding hydrogens is 304 g/mol. The lowest BCUT2D eigenvalue weighted by atomic mass is 9.88. The van der Waals surface area contributed by atoms with Gasteiger partial charge in [-0.2, -0.15) is 0 Å². The van der Waals surface area contributed by atoms with E-state index in [1.165, 1.54) is 0 Å². The van der Waals surface area contributed by atoms with E-state index in [4.69, 9.17) is 9.47 Å². The lowest BCUT2D eigenvalue weighted by Gasteiger charge is -2.33. The molecule has 1 heterocycles. The molecule has 1 fully saturated rings. The molecule has 1 aliphatic heterocycles. The number of aliphatic hydroxyl groups excluding tert-OH is 1. The minimum Gasteiger partial charge on any atom is -0.491 e. The molecule has 1 atom stereocenters. The molecule has 1 aliphatic rings. The third-order valence-electron chi connectivity index (χ3n) is 4.44. The molecule has 0 bridgehead atoms. The van der Waals surface area contributed by atoms with Crippen molar-refractivity contribution >= 4 is 0 Å². The lowest BCUT2D eigenvalue weighted by Crippen LogP contribution is -2.40. The first kappa shape index (κ1) is 17.0. The van der Waals surface area contributed by atoms with Gasteiger partial charge >= 0.3 is 0 Å². The maximum atomic E-state index is 10.4. The summed E-state index contributed by atoms with van der Waals surface area (Å²) in [6.07, 6.45) is 0.756. The number of hydrogen-bond donors (Lipinski definition) is 2. The van der Waals surface area contributed by atoms with Gasteiger partial charge in [-0.3, -0.25) is 0 Å². The number of benzene rings is 2. The van der Waals surface area contributed by atoms with E-state index in [9.17, 15) is 10.2 Å². The van der Waals surface area contributed by atoms with E-state index >= 15 is 0 Å². The quantitative estimate of drug-likeness (QED) is 0.856. The molecule has 1 unspecified atom stereocenters. The molecule has 4 heteroatoms. The van der Waals surface area contributed by atoms with Crippen molar-refractivity contribution in [3.8, 4) is 16.9 Å². The van der Waals surface area contributed by atoms with Gasteiger partial charge in [-0.25, -0.2) is 0 Å². The predicted octanol–water partition coefficient (Wildman–Crippen LogP) is 3.02. The maximum Gasteiger partial charge on any atom is 0.119 e. The minimum absolute atomic E-state index is 0.174. The summed E-state index contributed by atoms with van der Waals surface area (Å²) in [4.78, 5) is 0. The summed E-state index contributed by atoms with van der Waals surface area (Å²) in [5.41, 5.74) is 1.45. The first-order valence-corrected chi connectivity index (χ1v) is 8.41. The Hall–Kier alpha value is -1.88. The molecule has 4 nitrogen and oxygen atoms in total. The standard InChI is InChI=1S/C20H24O4/c21-18(14-20(22)10-12-23-13-11-20)15-24-19-8-6-17(7-9-19)16-4-2-1-3-5-16/h1-9,18,21-22H,10-15H2. The largest absolute Gasteiger partial charge is 0.491 e. The Morgan fingerprint density at radius 1 is 0.958 bits per heavy atom. The third-order valence-corrected chi connectivity index (χ3v) is 4.44. The first-order chi connectivity index (χ1) is 11.6. The van der Waals surface area contributed by atoms with Crippen LogP contribution < -0.4 is 4.74 Å². The molecule has 128 valence electrons. The Morgan fingerprint density at radius 3 is 2.25 bits per heavy atom. The smallest absolute Gasteiger partial charge is 0.119 e. The topological polar surface area (TPSA) is 58.9 Å². The molecule has 1 saturated heterocycles. The van der Waals surface area contributed by atoms with Gasteiger partial charge in [-0.1, -0.05) is 42.5 Å². The molecule has 0 saturated carbocycles. The van der Waals surface area contributed by atoms with Crippen LogP contribution in [0.4, 0.5) is 0 Å². The van der Waals surface area contributed by atoms with Gasteiger partial charge in [0.25, 0.3) is 0 Å². The highest BCUT2D eigenvalue weighted by atomic mass is 16.5. The molecule has 2 aromatic rings. The SMILES string of the molecule is OC(COc1ccc(-c2ccccc2)cc1)CC1(O)CCOCC1. The third kappa shape index (κ3) is 4.57. The van der Waals surface area contributed by atoms with E-state index in [2.05, 4.69) is 12.1 Å². The number of rotatable bonds is 6. The Morgan fingerprint density at radius 2 is 1.58 bits per heavy atom. The zero-order chi connectivity index (χ0) is 16.8. The molecule has 3 rings (SSSR count). The molecule has 2 N–H and O–H groups in total. The fraction of sp³-hybridized carbons (Fsp3) is 0.400. The van der Waals surface area contributed by atoms with Gasteiger partial charge in [-0.05, 0) is 36.1 Å². The van der Waals surface area contributed by atoms with Gasteiger partial charge in [0.1, 0.15) is 12.4 Å². The fourth-order valence-corrected chi connectivity index (χ4v) is 3.02. The second-order valence-corrected chi connectivity index (χ2v) is 6.40. The Bertz CT molecular complexity index is 618. The van der Waals surface area contributed by atoms with Crippen molar-refractivity contribution in [3.05, 3.63) is 54.6 Å². The average Bonchev–Trinajstić information content (AvgIpc) is 2.61. The highest BCUT2D eigenvalue weighted by Crippen LogP contribution is 2.26. The molecule has 0 amide bonds. The highest BCUT2D eigenvalue weighted by molar-refractivity contribution is 5.63. The molecule has 0 spiro atoms. The highest BCUT2D eigenvalue weighted by Gasteiger charge is 2.32. The molecule has 24 heavy (non-hydrogen) atoms. The Labute approximate surface area is 142 Å². The van der Waals surface area contributed by atoms with Crippen molar-refractivity contribution in [3.63, 3.8) is 0 Å². The van der Waals surface area contributed by atoms with Gasteiger partial charge in [0.05, 0.1) is 11.7 Å². The van der Waals surface area contributed by atoms with E-state index in [-0.39, 0.29) is 6.61 Å². The fourth-order valence-electron chi connectivity index (χ4n) is 3.02. The maximum absolute atomic E-state index is 10.4. The van der Waals surface area contributed by atoms with Crippen molar-refractivity contribution < 1.29 is 19.7 Å². The predicted molar refractivity (Wildman–Crippen MR) is 93.0 cm³/mol. The van der Waals surface area contributed by atoms with Crippen molar-refractivity contribution in [2.75, 3.05) is 19.8 Å². The lowest BCUT2D eigenvalue weighted by molar-refractivity contribution is -0.0906. The van der Waals surface area contributed by atoms with E-state index in [1.54, 1.807) is 0 Å². The molecule has 0 aliphatic carbocycles. The summed E-state index contributed by atoms with van der Waals surface area (Å²) in [5, 5.41) is 20.5. The van der Waals surface area contributed by atoms with Crippen LogP contribution in [0.15, 0.2) is 54.6 Å². The van der Waals surface area contributed by atoms with Crippen molar-refractivity contribution in [1.29, 1.82) is 0 Å². The Balaban J connectivity index is 1.51. The minimum atomic E-state index is -0.835. The average molecular weight is 328 g/mol. The molecule has 0 radical (unpaired) electrons. The summed E-state index contributed by atoms with van der Waals surface area (Å²) < 4.78 is 10.9. The van der Waals surface area contributed by atoms with Crippen LogP contribution in [0.1, 0.15) is 19.3 Å². The number of hydrogen-bond acceptors (Lipinski definition) is 4. The molecule has 2 aromatic carbocycles. The van der Waals surface area contributed by atoms with Crippen LogP contribution in [0.3, 0.4) is 0 Å². The zero-order valence-corrected chi connectivity index (χ0v) is 13.7. The number of aliphatic hydroxyl groups is 2. The van der Waals surface area contributed by atoms with E-state index in [0.717, 1.165) is 11.1 Å². The molecular formula is C20H24O4. The van der Waals surface area contributed by atoms with Gasteiger partial charge in [-0.15, -0.1) is 0 Å². The van der Waals surface area contributed by atoms with Crippen LogP contribution in [0, 0.1) is 0 Å². The van der Waals surface area contributed by atoms with Crippen LogP contribution in [0.25, 0.3) is 11.1 Å². The normalized spacial score (nSPS) is 18.1. The van der Waals surface area contributed by atoms with Crippen LogP contribution >= 0.6 is 0 Å². The van der Waals surface area contributed by atoms with Gasteiger partial charge in [0, 0.05) is 19.6 Å². The summed E-state index contributed by atoms with van der Waals surface area (Å²) in [5.74, 6) is 0.715. The summed E-state index contributed by atoms with van der Waals surface area (Å²) >= 11 is 0. The van der Waals surface area contributed by atoms with Crippen LogP contribution in [-0.2, 0) is 4.74 Å². The van der Waals surface area contributed by atoms with E-state index in [1.807, 2.05) is 42.5 Å². The van der Waals surface area contributed by atoms with E-state index in [0.29, 0.717) is 38.2 Å². The van der Waals surface area contributed by atoms with Crippen molar-refractivity contribution in [1.82, 2.24) is 0 Å². The van der Waals surface area contributed by atoms with Crippen LogP contribution in [-0.4, -0.2) is 41.7 Å². The van der Waals surface area contributed by atoms with Crippen LogP contribution in [0.5, 0.6) is 5.75 Å². The second kappa shape index (κ2) is 7.79. The van der Waals surface area contributed by atoms with Gasteiger partial charge in [0.15, 0.2) is 0 Å².